The minimum absolute atomic E-state index is 0.0389. The molecule has 0 aromatic rings. The lowest BCUT2D eigenvalue weighted by atomic mass is 10.1. The van der Waals surface area contributed by atoms with Crippen LogP contribution in [0.4, 0.5) is 0 Å². The molecule has 0 saturated carbocycles. The van der Waals surface area contributed by atoms with Gasteiger partial charge in [-0.25, -0.2) is 0 Å². The van der Waals surface area contributed by atoms with Gasteiger partial charge >= 0.3 is 5.97 Å². The summed E-state index contributed by atoms with van der Waals surface area (Å²) in [6.07, 6.45) is 3.20. The number of hydrogen-bond acceptors (Lipinski definition) is 4. The number of allylic oxidation sites excluding steroid dienone is 2. The molecule has 0 aromatic heterocycles. The van der Waals surface area contributed by atoms with Crippen LogP contribution in [0.25, 0.3) is 0 Å². The zero-order valence-electron chi connectivity index (χ0n) is 8.60. The second kappa shape index (κ2) is 4.30. The molecule has 0 aromatic carbocycles. The van der Waals surface area contributed by atoms with Crippen molar-refractivity contribution < 1.29 is 24.5 Å². The molecule has 0 aliphatic carbocycles. The maximum absolute atomic E-state index is 10.5. The van der Waals surface area contributed by atoms with Crippen LogP contribution in [-0.4, -0.2) is 29.4 Å². The zero-order valence-corrected chi connectivity index (χ0v) is 8.60. The Labute approximate surface area is 92.3 Å². The lowest BCUT2D eigenvalue weighted by Gasteiger charge is -2.25. The Hall–Kier alpha value is -1.91. The number of ether oxygens (including phenoxy) is 2. The third kappa shape index (κ3) is 2.18. The minimum atomic E-state index is -0.884. The van der Waals surface area contributed by atoms with Crippen molar-refractivity contribution in [1.82, 2.24) is 0 Å². The molecule has 2 heterocycles. The summed E-state index contributed by atoms with van der Waals surface area (Å²) in [5.74, 6) is 0.347. The SMILES string of the molecule is O=C(O)CC1=CC2=C(CC(=CO)CO2)OC1. The Morgan fingerprint density at radius 1 is 1.44 bits per heavy atom. The maximum Gasteiger partial charge on any atom is 0.307 e. The lowest BCUT2D eigenvalue weighted by molar-refractivity contribution is -0.136. The molecule has 0 saturated heterocycles. The van der Waals surface area contributed by atoms with Crippen LogP contribution < -0.4 is 0 Å². The summed E-state index contributed by atoms with van der Waals surface area (Å²) >= 11 is 0. The van der Waals surface area contributed by atoms with E-state index < -0.39 is 5.97 Å². The van der Waals surface area contributed by atoms with Gasteiger partial charge in [0, 0.05) is 12.0 Å². The molecule has 0 atom stereocenters. The highest BCUT2D eigenvalue weighted by Crippen LogP contribution is 2.29. The van der Waals surface area contributed by atoms with Gasteiger partial charge < -0.3 is 19.7 Å². The van der Waals surface area contributed by atoms with Crippen molar-refractivity contribution in [3.63, 3.8) is 0 Å². The standard InChI is InChI=1S/C11H12O5/c12-4-8-2-10-9(16-6-8)1-7(5-15-10)3-11(13)14/h1,4,12H,2-3,5-6H2,(H,13,14). The van der Waals surface area contributed by atoms with Crippen molar-refractivity contribution in [1.29, 1.82) is 0 Å². The fourth-order valence-corrected chi connectivity index (χ4v) is 1.63. The number of rotatable bonds is 2. The first kappa shape index (κ1) is 10.6. The van der Waals surface area contributed by atoms with E-state index in [-0.39, 0.29) is 13.0 Å². The summed E-state index contributed by atoms with van der Waals surface area (Å²) in [6, 6.07) is 0. The number of aliphatic hydroxyl groups is 1. The van der Waals surface area contributed by atoms with E-state index in [0.717, 1.165) is 11.8 Å². The van der Waals surface area contributed by atoms with Crippen LogP contribution in [0.15, 0.2) is 35.0 Å². The average Bonchev–Trinajstić information content (AvgIpc) is 2.27. The van der Waals surface area contributed by atoms with Gasteiger partial charge in [0.2, 0.25) is 0 Å². The second-order valence-corrected chi connectivity index (χ2v) is 3.70. The largest absolute Gasteiger partial charge is 0.515 e. The van der Waals surface area contributed by atoms with Crippen LogP contribution in [0.3, 0.4) is 0 Å². The van der Waals surface area contributed by atoms with Crippen LogP contribution in [0.5, 0.6) is 0 Å². The van der Waals surface area contributed by atoms with Gasteiger partial charge in [-0.05, 0) is 11.6 Å². The van der Waals surface area contributed by atoms with Gasteiger partial charge in [0.05, 0.1) is 12.7 Å². The first-order valence-corrected chi connectivity index (χ1v) is 4.91. The fraction of sp³-hybridized carbons (Fsp3) is 0.364. The van der Waals surface area contributed by atoms with E-state index in [9.17, 15) is 4.79 Å². The summed E-state index contributed by atoms with van der Waals surface area (Å²) < 4.78 is 10.8. The Balaban J connectivity index is 2.14. The summed E-state index contributed by atoms with van der Waals surface area (Å²) in [5.41, 5.74) is 1.43. The van der Waals surface area contributed by atoms with Crippen molar-refractivity contribution in [2.45, 2.75) is 12.8 Å². The summed E-state index contributed by atoms with van der Waals surface area (Å²) in [6.45, 7) is 0.586. The predicted molar refractivity (Wildman–Crippen MR) is 54.6 cm³/mol. The van der Waals surface area contributed by atoms with E-state index in [0.29, 0.717) is 30.1 Å². The Bertz CT molecular complexity index is 403. The van der Waals surface area contributed by atoms with Gasteiger partial charge in [0.25, 0.3) is 0 Å². The first-order valence-electron chi connectivity index (χ1n) is 4.91. The molecule has 2 aliphatic heterocycles. The molecule has 5 nitrogen and oxygen atoms in total. The third-order valence-electron chi connectivity index (χ3n) is 2.40. The predicted octanol–water partition coefficient (Wildman–Crippen LogP) is 1.49. The van der Waals surface area contributed by atoms with Gasteiger partial charge in [-0.3, -0.25) is 4.79 Å². The van der Waals surface area contributed by atoms with Crippen LogP contribution in [0.2, 0.25) is 0 Å². The van der Waals surface area contributed by atoms with Gasteiger partial charge in [0.15, 0.2) is 5.76 Å². The highest BCUT2D eigenvalue weighted by atomic mass is 16.5. The summed E-state index contributed by atoms with van der Waals surface area (Å²) in [4.78, 5) is 10.5. The number of carbonyl (C=O) groups is 1. The Morgan fingerprint density at radius 2 is 2.25 bits per heavy atom. The molecule has 2 rings (SSSR count). The second-order valence-electron chi connectivity index (χ2n) is 3.70. The molecule has 0 amide bonds. The Kier molecular flexibility index (Phi) is 2.85. The fourth-order valence-electron chi connectivity index (χ4n) is 1.63. The van der Waals surface area contributed by atoms with E-state index in [1.807, 2.05) is 0 Å². The van der Waals surface area contributed by atoms with Gasteiger partial charge in [-0.1, -0.05) is 0 Å². The van der Waals surface area contributed by atoms with E-state index in [2.05, 4.69) is 0 Å². The molecule has 0 spiro atoms. The number of carboxylic acids is 1. The summed E-state index contributed by atoms with van der Waals surface area (Å²) in [7, 11) is 0. The molecule has 0 bridgehead atoms. The normalized spacial score (nSPS) is 22.0. The summed E-state index contributed by atoms with van der Waals surface area (Å²) in [5, 5.41) is 17.5. The van der Waals surface area contributed by atoms with Crippen LogP contribution in [0, 0.1) is 0 Å². The molecule has 0 fully saturated rings. The smallest absolute Gasteiger partial charge is 0.307 e. The van der Waals surface area contributed by atoms with E-state index >= 15 is 0 Å². The van der Waals surface area contributed by atoms with Gasteiger partial charge in [0.1, 0.15) is 19.0 Å². The molecule has 2 N–H and O–H groups in total. The first-order chi connectivity index (χ1) is 7.69. The third-order valence-corrected chi connectivity index (χ3v) is 2.40. The topological polar surface area (TPSA) is 76.0 Å². The van der Waals surface area contributed by atoms with Gasteiger partial charge in [-0.15, -0.1) is 0 Å². The number of hydrogen-bond donors (Lipinski definition) is 2. The van der Waals surface area contributed by atoms with Crippen molar-refractivity contribution in [2.75, 3.05) is 13.2 Å². The average molecular weight is 224 g/mol. The highest BCUT2D eigenvalue weighted by Gasteiger charge is 2.22. The molecule has 0 unspecified atom stereocenters. The minimum Gasteiger partial charge on any atom is -0.515 e. The molecule has 2 aliphatic rings. The van der Waals surface area contributed by atoms with Gasteiger partial charge in [-0.2, -0.15) is 0 Å². The van der Waals surface area contributed by atoms with Crippen LogP contribution in [0.1, 0.15) is 12.8 Å². The van der Waals surface area contributed by atoms with Crippen molar-refractivity contribution in [3.05, 3.63) is 35.0 Å². The van der Waals surface area contributed by atoms with Crippen LogP contribution in [-0.2, 0) is 14.3 Å². The van der Waals surface area contributed by atoms with Crippen molar-refractivity contribution in [3.8, 4) is 0 Å². The van der Waals surface area contributed by atoms with E-state index in [1.165, 1.54) is 0 Å². The van der Waals surface area contributed by atoms with Crippen LogP contribution >= 0.6 is 0 Å². The molecular weight excluding hydrogens is 212 g/mol. The van der Waals surface area contributed by atoms with Crippen molar-refractivity contribution >= 4 is 5.97 Å². The van der Waals surface area contributed by atoms with E-state index in [4.69, 9.17) is 19.7 Å². The molecule has 16 heavy (non-hydrogen) atoms. The zero-order chi connectivity index (χ0) is 11.5. The highest BCUT2D eigenvalue weighted by molar-refractivity contribution is 5.70. The monoisotopic (exact) mass is 224 g/mol. The molecule has 0 radical (unpaired) electrons. The lowest BCUT2D eigenvalue weighted by Crippen LogP contribution is -2.17. The maximum atomic E-state index is 10.5. The quantitative estimate of drug-likeness (QED) is 0.695. The number of carboxylic acid groups (broad SMARTS) is 1. The molecule has 5 heteroatoms. The molecular formula is C11H12O5. The number of aliphatic hydroxyl groups excluding tert-OH is 1. The van der Waals surface area contributed by atoms with E-state index in [1.54, 1.807) is 6.08 Å². The van der Waals surface area contributed by atoms with Crippen molar-refractivity contribution in [2.24, 2.45) is 0 Å². The number of aliphatic carboxylic acids is 1. The molecule has 86 valence electrons. The Morgan fingerprint density at radius 3 is 2.94 bits per heavy atom.